The largest absolute Gasteiger partial charge is 0.507 e. The van der Waals surface area contributed by atoms with E-state index >= 15 is 0 Å². The summed E-state index contributed by atoms with van der Waals surface area (Å²) in [5.41, 5.74) is 1.23. The molecule has 1 atom stereocenters. The molecule has 3 aromatic carbocycles. The summed E-state index contributed by atoms with van der Waals surface area (Å²) in [7, 11) is 3.81. The summed E-state index contributed by atoms with van der Waals surface area (Å²) in [5, 5.41) is 13.4. The van der Waals surface area contributed by atoms with Gasteiger partial charge >= 0.3 is 0 Å². The number of ketones is 1. The van der Waals surface area contributed by atoms with E-state index in [1.807, 2.05) is 75.3 Å². The summed E-state index contributed by atoms with van der Waals surface area (Å²) in [4.78, 5) is 30.0. The van der Waals surface area contributed by atoms with Gasteiger partial charge in [0.15, 0.2) is 11.5 Å². The number of rotatable bonds is 9. The molecule has 1 amide bonds. The summed E-state index contributed by atoms with van der Waals surface area (Å²) < 4.78 is 11.5. The maximum absolute atomic E-state index is 13.3. The van der Waals surface area contributed by atoms with Crippen LogP contribution in [0, 0.1) is 0 Å². The predicted octanol–water partition coefficient (Wildman–Crippen LogP) is 4.62. The maximum Gasteiger partial charge on any atom is 0.295 e. The first kappa shape index (κ1) is 25.3. The molecular weight excluding hydrogens is 456 g/mol. The van der Waals surface area contributed by atoms with Crippen LogP contribution in [0.2, 0.25) is 0 Å². The molecule has 1 fully saturated rings. The minimum atomic E-state index is -0.758. The van der Waals surface area contributed by atoms with Crippen molar-refractivity contribution in [1.82, 2.24) is 9.80 Å². The average Bonchev–Trinajstić information content (AvgIpc) is 3.13. The van der Waals surface area contributed by atoms with Crippen molar-refractivity contribution in [3.8, 4) is 11.5 Å². The smallest absolute Gasteiger partial charge is 0.295 e. The summed E-state index contributed by atoms with van der Waals surface area (Å²) in [6.45, 7) is 5.57. The zero-order valence-electron chi connectivity index (χ0n) is 21.2. The third-order valence-electron chi connectivity index (χ3n) is 6.23. The van der Waals surface area contributed by atoms with E-state index in [4.69, 9.17) is 9.47 Å². The molecule has 0 bridgehead atoms. The lowest BCUT2D eigenvalue weighted by Gasteiger charge is -2.27. The van der Waals surface area contributed by atoms with Crippen molar-refractivity contribution < 1.29 is 24.2 Å². The number of likely N-dealkylation sites (N-methyl/N-ethyl adjacent to an activating group) is 1. The number of nitrogens with zero attached hydrogens (tertiary/aromatic N) is 2. The number of fused-ring (bicyclic) bond motifs is 1. The molecule has 0 saturated carbocycles. The van der Waals surface area contributed by atoms with Crippen LogP contribution in [0.25, 0.3) is 16.5 Å². The summed E-state index contributed by atoms with van der Waals surface area (Å²) in [5.74, 6) is -0.404. The van der Waals surface area contributed by atoms with E-state index in [0.29, 0.717) is 48.9 Å². The van der Waals surface area contributed by atoms with Crippen molar-refractivity contribution in [2.75, 3.05) is 40.4 Å². The highest BCUT2D eigenvalue weighted by molar-refractivity contribution is 6.46. The van der Waals surface area contributed by atoms with Gasteiger partial charge in [-0.3, -0.25) is 9.59 Å². The molecule has 188 valence electrons. The Balaban J connectivity index is 1.87. The third-order valence-corrected chi connectivity index (χ3v) is 6.23. The Kier molecular flexibility index (Phi) is 7.60. The molecule has 1 aliphatic rings. The molecule has 1 heterocycles. The van der Waals surface area contributed by atoms with E-state index < -0.39 is 17.7 Å². The lowest BCUT2D eigenvalue weighted by atomic mass is 9.94. The maximum atomic E-state index is 13.3. The average molecular weight is 489 g/mol. The highest BCUT2D eigenvalue weighted by Crippen LogP contribution is 2.42. The van der Waals surface area contributed by atoms with E-state index in [9.17, 15) is 14.7 Å². The van der Waals surface area contributed by atoms with Crippen LogP contribution < -0.4 is 9.47 Å². The normalized spacial score (nSPS) is 17.2. The number of aliphatic hydroxyl groups is 1. The Hall–Kier alpha value is -3.84. The number of likely N-dealkylation sites (tertiary alicyclic amines) is 1. The van der Waals surface area contributed by atoms with E-state index in [2.05, 4.69) is 0 Å². The fourth-order valence-corrected chi connectivity index (χ4v) is 4.49. The first-order chi connectivity index (χ1) is 17.3. The Morgan fingerprint density at radius 3 is 2.31 bits per heavy atom. The quantitative estimate of drug-likeness (QED) is 0.269. The van der Waals surface area contributed by atoms with Crippen LogP contribution in [0.15, 0.2) is 66.2 Å². The molecule has 1 N–H and O–H groups in total. The van der Waals surface area contributed by atoms with Gasteiger partial charge in [-0.25, -0.2) is 0 Å². The highest BCUT2D eigenvalue weighted by atomic mass is 16.5. The van der Waals surface area contributed by atoms with Crippen LogP contribution in [0.4, 0.5) is 0 Å². The number of carbonyl (C=O) groups excluding carboxylic acids is 2. The van der Waals surface area contributed by atoms with Gasteiger partial charge in [0.2, 0.25) is 0 Å². The number of amides is 1. The highest BCUT2D eigenvalue weighted by Gasteiger charge is 2.46. The molecule has 0 aromatic heterocycles. The molecule has 0 spiro atoms. The second-order valence-corrected chi connectivity index (χ2v) is 8.93. The molecule has 7 nitrogen and oxygen atoms in total. The van der Waals surface area contributed by atoms with Crippen molar-refractivity contribution in [1.29, 1.82) is 0 Å². The first-order valence-corrected chi connectivity index (χ1v) is 12.2. The lowest BCUT2D eigenvalue weighted by molar-refractivity contribution is -0.140. The fraction of sp³-hybridized carbons (Fsp3) is 0.310. The number of aliphatic hydroxyl groups excluding tert-OH is 1. The molecule has 4 rings (SSSR count). The number of Topliss-reactive ketones (excluding diaryl/α,β-unsaturated/α-hetero) is 1. The van der Waals surface area contributed by atoms with Gasteiger partial charge in [-0.1, -0.05) is 42.5 Å². The van der Waals surface area contributed by atoms with E-state index in [1.165, 1.54) is 4.90 Å². The van der Waals surface area contributed by atoms with Crippen molar-refractivity contribution in [3.05, 3.63) is 77.4 Å². The zero-order chi connectivity index (χ0) is 25.8. The van der Waals surface area contributed by atoms with Gasteiger partial charge in [-0.05, 0) is 62.5 Å². The van der Waals surface area contributed by atoms with Gasteiger partial charge < -0.3 is 24.4 Å². The molecule has 3 aromatic rings. The second kappa shape index (κ2) is 10.8. The number of ether oxygens (including phenoxy) is 2. The molecule has 0 radical (unpaired) electrons. The van der Waals surface area contributed by atoms with E-state index in [1.54, 1.807) is 18.2 Å². The Morgan fingerprint density at radius 2 is 1.61 bits per heavy atom. The minimum absolute atomic E-state index is 0.0700. The summed E-state index contributed by atoms with van der Waals surface area (Å²) >= 11 is 0. The predicted molar refractivity (Wildman–Crippen MR) is 140 cm³/mol. The van der Waals surface area contributed by atoms with Gasteiger partial charge in [0.1, 0.15) is 5.76 Å². The van der Waals surface area contributed by atoms with E-state index in [0.717, 1.165) is 10.8 Å². The SMILES string of the molecule is CCOc1ccc(C2/C(=C(\O)c3ccc4ccccc4c3)C(=O)C(=O)N2CCN(C)C)cc1OCC. The molecular formula is C29H32N2O5. The monoisotopic (exact) mass is 488 g/mol. The van der Waals surface area contributed by atoms with Crippen molar-refractivity contribution in [2.24, 2.45) is 0 Å². The third kappa shape index (κ3) is 4.93. The summed E-state index contributed by atoms with van der Waals surface area (Å²) in [6.07, 6.45) is 0. The molecule has 1 aliphatic heterocycles. The van der Waals surface area contributed by atoms with Gasteiger partial charge in [0, 0.05) is 18.7 Å². The molecule has 7 heteroatoms. The molecule has 1 unspecified atom stereocenters. The van der Waals surface area contributed by atoms with Crippen LogP contribution in [-0.4, -0.2) is 67.0 Å². The van der Waals surface area contributed by atoms with Crippen LogP contribution >= 0.6 is 0 Å². The summed E-state index contributed by atoms with van der Waals surface area (Å²) in [6, 6.07) is 17.9. The van der Waals surface area contributed by atoms with Crippen molar-refractivity contribution in [3.63, 3.8) is 0 Å². The van der Waals surface area contributed by atoms with Gasteiger partial charge in [0.25, 0.3) is 11.7 Å². The Labute approximate surface area is 211 Å². The molecule has 36 heavy (non-hydrogen) atoms. The molecule has 1 saturated heterocycles. The second-order valence-electron chi connectivity index (χ2n) is 8.93. The van der Waals surface area contributed by atoms with Gasteiger partial charge in [0.05, 0.1) is 24.8 Å². The van der Waals surface area contributed by atoms with Crippen LogP contribution in [0.1, 0.15) is 31.0 Å². The minimum Gasteiger partial charge on any atom is -0.507 e. The standard InChI is InChI=1S/C29H32N2O5/c1-5-35-23-14-13-21(18-24(23)36-6-2)26-25(28(33)29(34)31(26)16-15-30(3)4)27(32)22-12-11-19-9-7-8-10-20(19)17-22/h7-14,17-18,26,32H,5-6,15-16H2,1-4H3/b27-25+. The van der Waals surface area contributed by atoms with E-state index in [-0.39, 0.29) is 11.3 Å². The van der Waals surface area contributed by atoms with Crippen LogP contribution in [0.5, 0.6) is 11.5 Å². The number of hydrogen-bond donors (Lipinski definition) is 1. The van der Waals surface area contributed by atoms with Gasteiger partial charge in [-0.2, -0.15) is 0 Å². The molecule has 0 aliphatic carbocycles. The Morgan fingerprint density at radius 1 is 0.917 bits per heavy atom. The lowest BCUT2D eigenvalue weighted by Crippen LogP contribution is -2.35. The first-order valence-electron chi connectivity index (χ1n) is 12.2. The van der Waals surface area contributed by atoms with Crippen molar-refractivity contribution in [2.45, 2.75) is 19.9 Å². The number of benzene rings is 3. The number of hydrogen-bond acceptors (Lipinski definition) is 6. The number of carbonyl (C=O) groups is 2. The van der Waals surface area contributed by atoms with Gasteiger partial charge in [-0.15, -0.1) is 0 Å². The van der Waals surface area contributed by atoms with Crippen LogP contribution in [0.3, 0.4) is 0 Å². The fourth-order valence-electron chi connectivity index (χ4n) is 4.49. The van der Waals surface area contributed by atoms with Crippen LogP contribution in [-0.2, 0) is 9.59 Å². The topological polar surface area (TPSA) is 79.3 Å². The Bertz CT molecular complexity index is 1310. The zero-order valence-corrected chi connectivity index (χ0v) is 21.2. The van der Waals surface area contributed by atoms with Crippen molar-refractivity contribution >= 4 is 28.2 Å².